The number of hydrogen-bond donors (Lipinski definition) is 1. The Hall–Kier alpha value is -3.62. The maximum atomic E-state index is 14.0. The van der Waals surface area contributed by atoms with Crippen LogP contribution in [0, 0.1) is 11.7 Å². The lowest BCUT2D eigenvalue weighted by atomic mass is 9.95. The molecule has 0 spiro atoms. The van der Waals surface area contributed by atoms with Crippen LogP contribution in [0.15, 0.2) is 47.0 Å². The summed E-state index contributed by atoms with van der Waals surface area (Å²) in [6.07, 6.45) is 2.33. The minimum Gasteiger partial charge on any atom is -0.497 e. The Labute approximate surface area is 185 Å². The monoisotopic (exact) mass is 440 g/mol. The summed E-state index contributed by atoms with van der Waals surface area (Å²) in [4.78, 5) is 19.0. The highest BCUT2D eigenvalue weighted by Crippen LogP contribution is 2.30. The molecule has 0 radical (unpaired) electrons. The molecule has 3 aromatic rings. The summed E-state index contributed by atoms with van der Waals surface area (Å²) < 4.78 is 29.9. The molecule has 0 saturated carbocycles. The molecule has 4 rings (SSSR count). The molecule has 1 aliphatic rings. The van der Waals surface area contributed by atoms with E-state index < -0.39 is 5.82 Å². The number of amides is 2. The van der Waals surface area contributed by atoms with E-state index in [4.69, 9.17) is 14.0 Å². The van der Waals surface area contributed by atoms with E-state index in [1.807, 2.05) is 0 Å². The number of nitrogens with one attached hydrogen (secondary N) is 1. The van der Waals surface area contributed by atoms with Gasteiger partial charge in [-0.25, -0.2) is 9.18 Å². The number of aromatic nitrogens is 2. The van der Waals surface area contributed by atoms with Crippen molar-refractivity contribution >= 4 is 11.7 Å². The maximum Gasteiger partial charge on any atom is 0.321 e. The molecule has 2 aromatic carbocycles. The number of carbonyl (C=O) groups is 1. The summed E-state index contributed by atoms with van der Waals surface area (Å²) in [5.41, 5.74) is 0.882. The van der Waals surface area contributed by atoms with Crippen molar-refractivity contribution in [1.82, 2.24) is 15.0 Å². The Kier molecular flexibility index (Phi) is 6.53. The highest BCUT2D eigenvalue weighted by molar-refractivity contribution is 5.91. The van der Waals surface area contributed by atoms with E-state index >= 15 is 0 Å². The number of anilines is 1. The van der Waals surface area contributed by atoms with E-state index in [9.17, 15) is 9.18 Å². The lowest BCUT2D eigenvalue weighted by Gasteiger charge is -2.32. The van der Waals surface area contributed by atoms with Gasteiger partial charge in [-0.05, 0) is 43.0 Å². The lowest BCUT2D eigenvalue weighted by Crippen LogP contribution is -2.42. The van der Waals surface area contributed by atoms with Crippen LogP contribution in [0.1, 0.15) is 18.7 Å². The van der Waals surface area contributed by atoms with Gasteiger partial charge in [0.25, 0.3) is 0 Å². The maximum absolute atomic E-state index is 14.0. The first-order valence-electron chi connectivity index (χ1n) is 10.4. The third kappa shape index (κ3) is 4.82. The molecule has 1 aliphatic heterocycles. The Morgan fingerprint density at radius 3 is 2.88 bits per heavy atom. The van der Waals surface area contributed by atoms with Crippen LogP contribution >= 0.6 is 0 Å². The van der Waals surface area contributed by atoms with Gasteiger partial charge in [0.1, 0.15) is 17.3 Å². The normalized spacial score (nSPS) is 16.0. The van der Waals surface area contributed by atoms with Crippen LogP contribution in [-0.4, -0.2) is 48.4 Å². The average molecular weight is 440 g/mol. The predicted octanol–water partition coefficient (Wildman–Crippen LogP) is 4.38. The Bertz CT molecular complexity index is 1090. The van der Waals surface area contributed by atoms with Crippen LogP contribution in [0.25, 0.3) is 11.4 Å². The summed E-state index contributed by atoms with van der Waals surface area (Å²) in [6.45, 7) is 1.22. The summed E-state index contributed by atoms with van der Waals surface area (Å²) in [6, 6.07) is 11.4. The van der Waals surface area contributed by atoms with Gasteiger partial charge in [-0.15, -0.1) is 0 Å². The van der Waals surface area contributed by atoms with Crippen LogP contribution in [0.4, 0.5) is 14.9 Å². The van der Waals surface area contributed by atoms with Gasteiger partial charge in [0.15, 0.2) is 0 Å². The van der Waals surface area contributed by atoms with Gasteiger partial charge in [0, 0.05) is 25.6 Å². The minimum atomic E-state index is -0.394. The number of nitrogens with zero attached hydrogens (tertiary/aromatic N) is 3. The first kappa shape index (κ1) is 21.6. The van der Waals surface area contributed by atoms with Gasteiger partial charge in [0.2, 0.25) is 11.7 Å². The largest absolute Gasteiger partial charge is 0.497 e. The summed E-state index contributed by atoms with van der Waals surface area (Å²) in [5, 5.41) is 6.82. The van der Waals surface area contributed by atoms with Crippen molar-refractivity contribution in [2.75, 3.05) is 32.6 Å². The molecule has 8 nitrogen and oxygen atoms in total. The van der Waals surface area contributed by atoms with Crippen molar-refractivity contribution in [3.05, 3.63) is 54.2 Å². The first-order chi connectivity index (χ1) is 15.6. The molecule has 0 aliphatic carbocycles. The number of ether oxygens (including phenoxy) is 2. The molecular formula is C23H25FN4O4. The van der Waals surface area contributed by atoms with Gasteiger partial charge >= 0.3 is 6.03 Å². The lowest BCUT2D eigenvalue weighted by molar-refractivity contribution is 0.173. The molecule has 168 valence electrons. The highest BCUT2D eigenvalue weighted by Gasteiger charge is 2.26. The number of piperidine rings is 1. The van der Waals surface area contributed by atoms with Crippen LogP contribution in [-0.2, 0) is 6.42 Å². The van der Waals surface area contributed by atoms with E-state index in [1.54, 1.807) is 55.5 Å². The van der Waals surface area contributed by atoms with Gasteiger partial charge in [-0.3, -0.25) is 0 Å². The van der Waals surface area contributed by atoms with Crippen molar-refractivity contribution in [3.63, 3.8) is 0 Å². The molecule has 0 bridgehead atoms. The quantitative estimate of drug-likeness (QED) is 0.612. The van der Waals surface area contributed by atoms with Gasteiger partial charge < -0.3 is 24.2 Å². The molecule has 1 unspecified atom stereocenters. The SMILES string of the molecule is COc1ccc(NC(=O)N2CCCC(Cc3nc(-c4ccccc4F)no3)C2)c(OC)c1. The number of methoxy groups -OCH3 is 2. The standard InChI is InChI=1S/C23H25FN4O4/c1-30-16-9-10-19(20(13-16)31-2)25-23(29)28-11-5-6-15(14-28)12-21-26-22(27-32-21)17-7-3-4-8-18(17)24/h3-4,7-10,13,15H,5-6,11-12,14H2,1-2H3,(H,25,29). The van der Waals surface area contributed by atoms with Gasteiger partial charge in [-0.1, -0.05) is 17.3 Å². The molecule has 32 heavy (non-hydrogen) atoms. The van der Waals surface area contributed by atoms with Crippen molar-refractivity contribution in [2.24, 2.45) is 5.92 Å². The molecule has 1 saturated heterocycles. The molecule has 1 atom stereocenters. The second-order valence-corrected chi connectivity index (χ2v) is 7.65. The van der Waals surface area contributed by atoms with Crippen LogP contribution in [0.5, 0.6) is 11.5 Å². The van der Waals surface area contributed by atoms with Crippen LogP contribution in [0.2, 0.25) is 0 Å². The third-order valence-electron chi connectivity index (χ3n) is 5.50. The Balaban J connectivity index is 1.39. The molecule has 1 N–H and O–H groups in total. The number of halogens is 1. The minimum absolute atomic E-state index is 0.168. The molecule has 1 aromatic heterocycles. The number of hydrogen-bond acceptors (Lipinski definition) is 6. The van der Waals surface area contributed by atoms with Crippen molar-refractivity contribution in [3.8, 4) is 22.9 Å². The fourth-order valence-electron chi connectivity index (χ4n) is 3.85. The average Bonchev–Trinajstić information content (AvgIpc) is 3.27. The van der Waals surface area contributed by atoms with Crippen LogP contribution in [0.3, 0.4) is 0 Å². The highest BCUT2D eigenvalue weighted by atomic mass is 19.1. The number of likely N-dealkylation sites (tertiary alicyclic amines) is 1. The molecule has 2 heterocycles. The summed E-state index contributed by atoms with van der Waals surface area (Å²) in [7, 11) is 3.12. The number of benzene rings is 2. The fourth-order valence-corrected chi connectivity index (χ4v) is 3.85. The van der Waals surface area contributed by atoms with Gasteiger partial charge in [0.05, 0.1) is 25.5 Å². The van der Waals surface area contributed by atoms with Gasteiger partial charge in [-0.2, -0.15) is 4.98 Å². The number of urea groups is 1. The fraction of sp³-hybridized carbons (Fsp3) is 0.348. The molecule has 1 fully saturated rings. The zero-order valence-corrected chi connectivity index (χ0v) is 18.0. The number of rotatable bonds is 6. The zero-order chi connectivity index (χ0) is 22.5. The summed E-state index contributed by atoms with van der Waals surface area (Å²) in [5.74, 6) is 1.61. The van der Waals surface area contributed by atoms with Crippen molar-refractivity contribution in [1.29, 1.82) is 0 Å². The van der Waals surface area contributed by atoms with Crippen molar-refractivity contribution in [2.45, 2.75) is 19.3 Å². The third-order valence-corrected chi connectivity index (χ3v) is 5.50. The smallest absolute Gasteiger partial charge is 0.321 e. The second-order valence-electron chi connectivity index (χ2n) is 7.65. The second kappa shape index (κ2) is 9.67. The Morgan fingerprint density at radius 1 is 1.25 bits per heavy atom. The van der Waals surface area contributed by atoms with E-state index in [0.717, 1.165) is 12.8 Å². The number of carbonyl (C=O) groups excluding carboxylic acids is 1. The van der Waals surface area contributed by atoms with Crippen LogP contribution < -0.4 is 14.8 Å². The molecule has 2 amide bonds. The van der Waals surface area contributed by atoms with E-state index in [1.165, 1.54) is 6.07 Å². The topological polar surface area (TPSA) is 89.7 Å². The molecule has 9 heteroatoms. The summed E-state index contributed by atoms with van der Waals surface area (Å²) >= 11 is 0. The predicted molar refractivity (Wildman–Crippen MR) is 116 cm³/mol. The molecular weight excluding hydrogens is 415 g/mol. The van der Waals surface area contributed by atoms with Crippen molar-refractivity contribution < 1.29 is 23.2 Å². The first-order valence-corrected chi connectivity index (χ1v) is 10.4. The van der Waals surface area contributed by atoms with E-state index in [2.05, 4.69) is 15.5 Å². The van der Waals surface area contributed by atoms with E-state index in [0.29, 0.717) is 48.2 Å². The van der Waals surface area contributed by atoms with E-state index in [-0.39, 0.29) is 17.8 Å². The zero-order valence-electron chi connectivity index (χ0n) is 18.0. The Morgan fingerprint density at radius 2 is 2.09 bits per heavy atom.